The standard InChI is InChI=1S/C20H15BrFN3/c21-14-6-8-17(23-12-14)16(10-13-4-2-1-3-5-13)20-24-18-9-7-15(22)11-19(18)25-20/h1-9,11-12,16H,10H2,(H,24,25)/t16-/m0/s1. The van der Waals surface area contributed by atoms with E-state index in [1.54, 1.807) is 12.3 Å². The molecule has 0 amide bonds. The lowest BCUT2D eigenvalue weighted by atomic mass is 9.95. The van der Waals surface area contributed by atoms with Crippen molar-refractivity contribution < 1.29 is 4.39 Å². The van der Waals surface area contributed by atoms with Gasteiger partial charge in [-0.25, -0.2) is 9.37 Å². The van der Waals surface area contributed by atoms with Gasteiger partial charge in [0.1, 0.15) is 11.6 Å². The Morgan fingerprint density at radius 3 is 2.64 bits per heavy atom. The molecule has 0 radical (unpaired) electrons. The van der Waals surface area contributed by atoms with Crippen LogP contribution in [0.2, 0.25) is 0 Å². The van der Waals surface area contributed by atoms with Crippen LogP contribution in [0.15, 0.2) is 71.3 Å². The van der Waals surface area contributed by atoms with Crippen molar-refractivity contribution in [3.63, 3.8) is 0 Å². The van der Waals surface area contributed by atoms with Gasteiger partial charge >= 0.3 is 0 Å². The van der Waals surface area contributed by atoms with Crippen molar-refractivity contribution in [3.8, 4) is 0 Å². The highest BCUT2D eigenvalue weighted by molar-refractivity contribution is 9.10. The van der Waals surface area contributed by atoms with Crippen LogP contribution >= 0.6 is 15.9 Å². The summed E-state index contributed by atoms with van der Waals surface area (Å²) in [6, 6.07) is 18.8. The smallest absolute Gasteiger partial charge is 0.125 e. The number of aromatic amines is 1. The largest absolute Gasteiger partial charge is 0.341 e. The van der Waals surface area contributed by atoms with Gasteiger partial charge < -0.3 is 4.98 Å². The van der Waals surface area contributed by atoms with Crippen molar-refractivity contribution in [2.75, 3.05) is 0 Å². The number of nitrogens with zero attached hydrogens (tertiary/aromatic N) is 2. The number of aromatic nitrogens is 3. The molecule has 0 spiro atoms. The molecule has 5 heteroatoms. The molecule has 2 aromatic heterocycles. The van der Waals surface area contributed by atoms with E-state index in [4.69, 9.17) is 0 Å². The van der Waals surface area contributed by atoms with Gasteiger partial charge in [-0.15, -0.1) is 0 Å². The monoisotopic (exact) mass is 395 g/mol. The molecule has 0 aliphatic heterocycles. The molecule has 1 N–H and O–H groups in total. The molecular weight excluding hydrogens is 381 g/mol. The number of benzene rings is 2. The first-order valence-corrected chi connectivity index (χ1v) is 8.79. The summed E-state index contributed by atoms with van der Waals surface area (Å²) in [5, 5.41) is 0. The van der Waals surface area contributed by atoms with Crippen molar-refractivity contribution >= 4 is 27.0 Å². The van der Waals surface area contributed by atoms with Crippen LogP contribution in [0.3, 0.4) is 0 Å². The van der Waals surface area contributed by atoms with Gasteiger partial charge in [-0.1, -0.05) is 30.3 Å². The SMILES string of the molecule is Fc1ccc2nc([C@@H](Cc3ccccc3)c3ccc(Br)cn3)[nH]c2c1. The minimum atomic E-state index is -0.274. The van der Waals surface area contributed by atoms with E-state index in [-0.39, 0.29) is 11.7 Å². The second-order valence-electron chi connectivity index (χ2n) is 5.93. The molecule has 0 saturated carbocycles. The first-order chi connectivity index (χ1) is 12.2. The maximum absolute atomic E-state index is 13.5. The average molecular weight is 396 g/mol. The van der Waals surface area contributed by atoms with Crippen LogP contribution in [-0.4, -0.2) is 15.0 Å². The van der Waals surface area contributed by atoms with Gasteiger partial charge in [0.25, 0.3) is 0 Å². The molecule has 25 heavy (non-hydrogen) atoms. The predicted molar refractivity (Wildman–Crippen MR) is 100.0 cm³/mol. The lowest BCUT2D eigenvalue weighted by Crippen LogP contribution is -2.09. The maximum atomic E-state index is 13.5. The fourth-order valence-corrected chi connectivity index (χ4v) is 3.19. The van der Waals surface area contributed by atoms with Gasteiger partial charge in [0.15, 0.2) is 0 Å². The molecular formula is C20H15BrFN3. The second-order valence-corrected chi connectivity index (χ2v) is 6.84. The third-order valence-electron chi connectivity index (χ3n) is 4.18. The Morgan fingerprint density at radius 1 is 1.04 bits per heavy atom. The molecule has 2 heterocycles. The minimum absolute atomic E-state index is 0.0361. The van der Waals surface area contributed by atoms with Crippen LogP contribution in [0.4, 0.5) is 4.39 Å². The summed E-state index contributed by atoms with van der Waals surface area (Å²) < 4.78 is 14.4. The number of imidazole rings is 1. The highest BCUT2D eigenvalue weighted by Gasteiger charge is 2.20. The fraction of sp³-hybridized carbons (Fsp3) is 0.100. The van der Waals surface area contributed by atoms with Gasteiger partial charge in [-0.2, -0.15) is 0 Å². The molecule has 0 saturated heterocycles. The zero-order valence-corrected chi connectivity index (χ0v) is 14.9. The lowest BCUT2D eigenvalue weighted by Gasteiger charge is -2.14. The van der Waals surface area contributed by atoms with E-state index < -0.39 is 0 Å². The number of hydrogen-bond acceptors (Lipinski definition) is 2. The van der Waals surface area contributed by atoms with Crippen LogP contribution in [0, 0.1) is 5.82 Å². The molecule has 0 fully saturated rings. The predicted octanol–water partition coefficient (Wildman–Crippen LogP) is 5.23. The van der Waals surface area contributed by atoms with E-state index in [0.29, 0.717) is 5.52 Å². The number of halogens is 2. The van der Waals surface area contributed by atoms with Crippen molar-refractivity contribution in [3.05, 3.63) is 94.2 Å². The van der Waals surface area contributed by atoms with E-state index in [0.717, 1.165) is 27.9 Å². The van der Waals surface area contributed by atoms with Crippen LogP contribution < -0.4 is 0 Å². The zero-order chi connectivity index (χ0) is 17.2. The van der Waals surface area contributed by atoms with Crippen LogP contribution in [0.1, 0.15) is 23.0 Å². The molecule has 124 valence electrons. The van der Waals surface area contributed by atoms with Crippen molar-refractivity contribution in [2.45, 2.75) is 12.3 Å². The summed E-state index contributed by atoms with van der Waals surface area (Å²) in [5.74, 6) is 0.481. The Balaban J connectivity index is 1.79. The normalized spacial score (nSPS) is 12.4. The summed E-state index contributed by atoms with van der Waals surface area (Å²) in [6.07, 6.45) is 2.55. The molecule has 0 aliphatic carbocycles. The number of pyridine rings is 1. The third-order valence-corrected chi connectivity index (χ3v) is 4.65. The molecule has 1 atom stereocenters. The summed E-state index contributed by atoms with van der Waals surface area (Å²) in [7, 11) is 0. The van der Waals surface area contributed by atoms with Crippen molar-refractivity contribution in [2.24, 2.45) is 0 Å². The Bertz CT molecular complexity index is 997. The molecule has 0 aliphatic rings. The van der Waals surface area contributed by atoms with Crippen LogP contribution in [-0.2, 0) is 6.42 Å². The molecule has 3 nitrogen and oxygen atoms in total. The molecule has 2 aromatic carbocycles. The summed E-state index contributed by atoms with van der Waals surface area (Å²) in [6.45, 7) is 0. The summed E-state index contributed by atoms with van der Waals surface area (Å²) in [4.78, 5) is 12.5. The minimum Gasteiger partial charge on any atom is -0.341 e. The van der Waals surface area contributed by atoms with Crippen molar-refractivity contribution in [1.82, 2.24) is 15.0 Å². The molecule has 0 bridgehead atoms. The average Bonchev–Trinajstić information content (AvgIpc) is 3.04. The molecule has 0 unspecified atom stereocenters. The number of hydrogen-bond donors (Lipinski definition) is 1. The zero-order valence-electron chi connectivity index (χ0n) is 13.3. The Hall–Kier alpha value is -2.53. The quantitative estimate of drug-likeness (QED) is 0.513. The summed E-state index contributed by atoms with van der Waals surface area (Å²) >= 11 is 3.43. The van der Waals surface area contributed by atoms with E-state index in [1.165, 1.54) is 17.7 Å². The molecule has 4 rings (SSSR count). The molecule has 4 aromatic rings. The Kier molecular flexibility index (Phi) is 4.32. The van der Waals surface area contributed by atoms with Crippen molar-refractivity contribution in [1.29, 1.82) is 0 Å². The Labute approximate surface area is 153 Å². The second kappa shape index (κ2) is 6.76. The highest BCUT2D eigenvalue weighted by atomic mass is 79.9. The van der Waals surface area contributed by atoms with E-state index in [9.17, 15) is 4.39 Å². The number of rotatable bonds is 4. The number of fused-ring (bicyclic) bond motifs is 1. The topological polar surface area (TPSA) is 41.6 Å². The first kappa shape index (κ1) is 16.0. The van der Waals surface area contributed by atoms with E-state index in [2.05, 4.69) is 43.0 Å². The van der Waals surface area contributed by atoms with E-state index in [1.807, 2.05) is 30.3 Å². The van der Waals surface area contributed by atoms with Gasteiger partial charge in [0.05, 0.1) is 22.6 Å². The van der Waals surface area contributed by atoms with E-state index >= 15 is 0 Å². The summed E-state index contributed by atoms with van der Waals surface area (Å²) in [5.41, 5.74) is 3.58. The maximum Gasteiger partial charge on any atom is 0.125 e. The fourth-order valence-electron chi connectivity index (χ4n) is 2.95. The van der Waals surface area contributed by atoms with Gasteiger partial charge in [-0.3, -0.25) is 4.98 Å². The Morgan fingerprint density at radius 2 is 1.88 bits per heavy atom. The number of nitrogens with one attached hydrogen (secondary N) is 1. The van der Waals surface area contributed by atoms with Gasteiger partial charge in [0.2, 0.25) is 0 Å². The third kappa shape index (κ3) is 3.46. The first-order valence-electron chi connectivity index (χ1n) is 7.99. The number of H-pyrrole nitrogens is 1. The van der Waals surface area contributed by atoms with Crippen LogP contribution in [0.25, 0.3) is 11.0 Å². The highest BCUT2D eigenvalue weighted by Crippen LogP contribution is 2.28. The lowest BCUT2D eigenvalue weighted by molar-refractivity contribution is 0.629. The van der Waals surface area contributed by atoms with Gasteiger partial charge in [0, 0.05) is 10.7 Å². The van der Waals surface area contributed by atoms with Crippen LogP contribution in [0.5, 0.6) is 0 Å². The van der Waals surface area contributed by atoms with Gasteiger partial charge in [-0.05, 0) is 58.2 Å².